The molecule has 3 rings (SSSR count). The number of anilines is 1. The standard InChI is InChI=1S/C15H14N2OS/c1-9-3-4-10(2)13(7-9)18-15-17-12-6-5-11(16)8-14(12)19-15/h3-8H,16H2,1-2H3. The molecule has 0 fully saturated rings. The molecule has 96 valence electrons. The number of rotatable bonds is 2. The molecule has 0 unspecified atom stereocenters. The number of hydrogen-bond donors (Lipinski definition) is 1. The van der Waals surface area contributed by atoms with Crippen molar-refractivity contribution in [1.29, 1.82) is 0 Å². The van der Waals surface area contributed by atoms with Crippen LogP contribution in [-0.2, 0) is 0 Å². The number of aryl methyl sites for hydroxylation is 2. The summed E-state index contributed by atoms with van der Waals surface area (Å²) in [6.45, 7) is 4.07. The van der Waals surface area contributed by atoms with Crippen LogP contribution in [0.3, 0.4) is 0 Å². The quantitative estimate of drug-likeness (QED) is 0.707. The van der Waals surface area contributed by atoms with Crippen molar-refractivity contribution in [2.75, 3.05) is 5.73 Å². The van der Waals surface area contributed by atoms with Crippen molar-refractivity contribution in [3.8, 4) is 10.9 Å². The second-order valence-electron chi connectivity index (χ2n) is 4.58. The fourth-order valence-corrected chi connectivity index (χ4v) is 2.75. The highest BCUT2D eigenvalue weighted by Gasteiger charge is 2.08. The maximum absolute atomic E-state index is 5.88. The number of hydrogen-bond acceptors (Lipinski definition) is 4. The molecule has 1 aromatic heterocycles. The van der Waals surface area contributed by atoms with E-state index in [2.05, 4.69) is 17.1 Å². The lowest BCUT2D eigenvalue weighted by molar-refractivity contribution is 0.476. The minimum absolute atomic E-state index is 0.648. The molecule has 0 radical (unpaired) electrons. The van der Waals surface area contributed by atoms with Gasteiger partial charge in [-0.1, -0.05) is 23.5 Å². The Morgan fingerprint density at radius 3 is 2.79 bits per heavy atom. The number of nitrogen functional groups attached to an aromatic ring is 1. The van der Waals surface area contributed by atoms with Crippen molar-refractivity contribution in [1.82, 2.24) is 4.98 Å². The summed E-state index contributed by atoms with van der Waals surface area (Å²) in [6.07, 6.45) is 0. The van der Waals surface area contributed by atoms with Crippen molar-refractivity contribution in [3.63, 3.8) is 0 Å². The highest BCUT2D eigenvalue weighted by Crippen LogP contribution is 2.33. The van der Waals surface area contributed by atoms with Crippen LogP contribution in [0, 0.1) is 13.8 Å². The second kappa shape index (κ2) is 4.55. The first-order valence-corrected chi connectivity index (χ1v) is 6.84. The van der Waals surface area contributed by atoms with E-state index in [4.69, 9.17) is 10.5 Å². The summed E-state index contributed by atoms with van der Waals surface area (Å²) in [7, 11) is 0. The molecule has 0 bridgehead atoms. The van der Waals surface area contributed by atoms with Gasteiger partial charge in [-0.2, -0.15) is 0 Å². The first kappa shape index (κ1) is 12.0. The van der Waals surface area contributed by atoms with Crippen LogP contribution < -0.4 is 10.5 Å². The molecule has 3 nitrogen and oxygen atoms in total. The highest BCUT2D eigenvalue weighted by atomic mass is 32.1. The van der Waals surface area contributed by atoms with Crippen LogP contribution in [0.15, 0.2) is 36.4 Å². The number of nitrogens with zero attached hydrogens (tertiary/aromatic N) is 1. The van der Waals surface area contributed by atoms with Gasteiger partial charge in [-0.15, -0.1) is 0 Å². The number of thiazole rings is 1. The third-order valence-electron chi connectivity index (χ3n) is 2.93. The summed E-state index contributed by atoms with van der Waals surface area (Å²) < 4.78 is 6.92. The fourth-order valence-electron chi connectivity index (χ4n) is 1.88. The van der Waals surface area contributed by atoms with Crippen LogP contribution in [-0.4, -0.2) is 4.98 Å². The number of nitrogens with two attached hydrogens (primary N) is 1. The summed E-state index contributed by atoms with van der Waals surface area (Å²) in [6, 6.07) is 11.8. The molecule has 0 aliphatic carbocycles. The molecule has 0 atom stereocenters. The van der Waals surface area contributed by atoms with Crippen LogP contribution in [0.2, 0.25) is 0 Å². The molecule has 4 heteroatoms. The molecular weight excluding hydrogens is 256 g/mol. The average molecular weight is 270 g/mol. The molecule has 0 aliphatic rings. The smallest absolute Gasteiger partial charge is 0.279 e. The number of aromatic nitrogens is 1. The molecule has 19 heavy (non-hydrogen) atoms. The summed E-state index contributed by atoms with van der Waals surface area (Å²) in [5.41, 5.74) is 9.70. The van der Waals surface area contributed by atoms with Gasteiger partial charge in [0, 0.05) is 5.69 Å². The van der Waals surface area contributed by atoms with Crippen LogP contribution in [0.4, 0.5) is 5.69 Å². The molecule has 0 aliphatic heterocycles. The largest absolute Gasteiger partial charge is 0.431 e. The van der Waals surface area contributed by atoms with Gasteiger partial charge in [-0.3, -0.25) is 0 Å². The lowest BCUT2D eigenvalue weighted by Gasteiger charge is -2.06. The number of fused-ring (bicyclic) bond motifs is 1. The minimum atomic E-state index is 0.648. The van der Waals surface area contributed by atoms with E-state index in [1.807, 2.05) is 38.1 Å². The second-order valence-corrected chi connectivity index (χ2v) is 5.57. The molecular formula is C15H14N2OS. The number of benzene rings is 2. The van der Waals surface area contributed by atoms with Gasteiger partial charge in [0.25, 0.3) is 5.19 Å². The van der Waals surface area contributed by atoms with Gasteiger partial charge < -0.3 is 10.5 Å². The van der Waals surface area contributed by atoms with E-state index in [9.17, 15) is 0 Å². The minimum Gasteiger partial charge on any atom is -0.431 e. The molecule has 0 saturated carbocycles. The summed E-state index contributed by atoms with van der Waals surface area (Å²) in [5, 5.41) is 0.648. The zero-order valence-corrected chi connectivity index (χ0v) is 11.6. The van der Waals surface area contributed by atoms with Gasteiger partial charge in [0.05, 0.1) is 10.2 Å². The Labute approximate surface area is 115 Å². The third-order valence-corrected chi connectivity index (χ3v) is 3.83. The van der Waals surface area contributed by atoms with E-state index in [0.29, 0.717) is 5.19 Å². The van der Waals surface area contributed by atoms with Crippen LogP contribution in [0.25, 0.3) is 10.2 Å². The van der Waals surface area contributed by atoms with Crippen LogP contribution in [0.1, 0.15) is 11.1 Å². The Hall–Kier alpha value is -2.07. The van der Waals surface area contributed by atoms with E-state index in [1.165, 1.54) is 16.9 Å². The van der Waals surface area contributed by atoms with E-state index in [0.717, 1.165) is 27.2 Å². The van der Waals surface area contributed by atoms with Crippen molar-refractivity contribution < 1.29 is 4.74 Å². The van der Waals surface area contributed by atoms with E-state index < -0.39 is 0 Å². The number of ether oxygens (including phenoxy) is 1. The van der Waals surface area contributed by atoms with Gasteiger partial charge in [-0.05, 0) is 49.2 Å². The van der Waals surface area contributed by atoms with Crippen LogP contribution >= 0.6 is 11.3 Å². The van der Waals surface area contributed by atoms with Gasteiger partial charge in [0.1, 0.15) is 5.75 Å². The average Bonchev–Trinajstić information content (AvgIpc) is 2.75. The Balaban J connectivity index is 1.98. The van der Waals surface area contributed by atoms with Crippen molar-refractivity contribution >= 4 is 27.2 Å². The topological polar surface area (TPSA) is 48.1 Å². The molecule has 2 aromatic carbocycles. The van der Waals surface area contributed by atoms with E-state index >= 15 is 0 Å². The first-order valence-electron chi connectivity index (χ1n) is 6.03. The van der Waals surface area contributed by atoms with Crippen LogP contribution in [0.5, 0.6) is 10.9 Å². The predicted octanol–water partition coefficient (Wildman–Crippen LogP) is 4.29. The SMILES string of the molecule is Cc1ccc(C)c(Oc2nc3ccc(N)cc3s2)c1. The lowest BCUT2D eigenvalue weighted by Crippen LogP contribution is -1.87. The lowest BCUT2D eigenvalue weighted by atomic mass is 10.1. The highest BCUT2D eigenvalue weighted by molar-refractivity contribution is 7.20. The first-order chi connectivity index (χ1) is 9.11. The maximum Gasteiger partial charge on any atom is 0.279 e. The molecule has 2 N–H and O–H groups in total. The summed E-state index contributed by atoms with van der Waals surface area (Å²) >= 11 is 1.51. The Kier molecular flexibility index (Phi) is 2.87. The van der Waals surface area contributed by atoms with Gasteiger partial charge in [0.2, 0.25) is 0 Å². The van der Waals surface area contributed by atoms with E-state index in [1.54, 1.807) is 0 Å². The van der Waals surface area contributed by atoms with Gasteiger partial charge >= 0.3 is 0 Å². The normalized spacial score (nSPS) is 10.8. The fraction of sp³-hybridized carbons (Fsp3) is 0.133. The van der Waals surface area contributed by atoms with Crippen molar-refractivity contribution in [2.45, 2.75) is 13.8 Å². The summed E-state index contributed by atoms with van der Waals surface area (Å²) in [5.74, 6) is 0.854. The monoisotopic (exact) mass is 270 g/mol. The van der Waals surface area contributed by atoms with Crippen molar-refractivity contribution in [2.24, 2.45) is 0 Å². The zero-order valence-electron chi connectivity index (χ0n) is 10.8. The van der Waals surface area contributed by atoms with Gasteiger partial charge in [0.15, 0.2) is 0 Å². The Morgan fingerprint density at radius 1 is 1.11 bits per heavy atom. The predicted molar refractivity (Wildman–Crippen MR) is 80.0 cm³/mol. The maximum atomic E-state index is 5.88. The molecule has 0 amide bonds. The van der Waals surface area contributed by atoms with Crippen molar-refractivity contribution in [3.05, 3.63) is 47.5 Å². The Morgan fingerprint density at radius 2 is 1.95 bits per heavy atom. The Bertz CT molecular complexity index is 749. The zero-order chi connectivity index (χ0) is 13.4. The van der Waals surface area contributed by atoms with E-state index in [-0.39, 0.29) is 0 Å². The molecule has 0 saturated heterocycles. The third kappa shape index (κ3) is 2.39. The summed E-state index contributed by atoms with van der Waals surface area (Å²) in [4.78, 5) is 4.46. The molecule has 3 aromatic rings. The molecule has 1 heterocycles. The molecule has 0 spiro atoms. The van der Waals surface area contributed by atoms with Gasteiger partial charge in [-0.25, -0.2) is 4.98 Å².